The third-order valence-electron chi connectivity index (χ3n) is 6.76. The average molecular weight is 406 g/mol. The zero-order chi connectivity index (χ0) is 21.4. The van der Waals surface area contributed by atoms with Crippen molar-refractivity contribution in [3.63, 3.8) is 0 Å². The molecule has 2 aliphatic heterocycles. The lowest BCUT2D eigenvalue weighted by molar-refractivity contribution is -0.129. The zero-order valence-electron chi connectivity index (χ0n) is 18.3. The molecule has 5 heteroatoms. The van der Waals surface area contributed by atoms with E-state index in [2.05, 4.69) is 32.0 Å². The summed E-state index contributed by atoms with van der Waals surface area (Å²) in [6.45, 7) is 6.31. The second kappa shape index (κ2) is 8.13. The average Bonchev–Trinajstić information content (AvgIpc) is 3.28. The molecule has 3 atom stereocenters. The van der Waals surface area contributed by atoms with Gasteiger partial charge in [-0.05, 0) is 36.1 Å². The van der Waals surface area contributed by atoms with E-state index in [0.717, 1.165) is 17.7 Å². The van der Waals surface area contributed by atoms with E-state index < -0.39 is 0 Å². The first-order valence-electron chi connectivity index (χ1n) is 10.7. The van der Waals surface area contributed by atoms with Gasteiger partial charge in [-0.1, -0.05) is 48.5 Å². The van der Waals surface area contributed by atoms with Gasteiger partial charge in [0.05, 0.1) is 12.5 Å². The highest BCUT2D eigenvalue weighted by Crippen LogP contribution is 2.46. The van der Waals surface area contributed by atoms with Gasteiger partial charge in [0.25, 0.3) is 0 Å². The van der Waals surface area contributed by atoms with Gasteiger partial charge in [-0.25, -0.2) is 4.79 Å². The van der Waals surface area contributed by atoms with Crippen molar-refractivity contribution in [1.29, 1.82) is 0 Å². The third-order valence-corrected chi connectivity index (χ3v) is 6.76. The fourth-order valence-electron chi connectivity index (χ4n) is 5.10. The number of carbonyl (C=O) groups excluding carboxylic acids is 2. The number of hydrogen-bond donors (Lipinski definition) is 0. The summed E-state index contributed by atoms with van der Waals surface area (Å²) in [5.74, 6) is 0.780. The predicted molar refractivity (Wildman–Crippen MR) is 118 cm³/mol. The van der Waals surface area contributed by atoms with E-state index in [9.17, 15) is 9.59 Å². The van der Waals surface area contributed by atoms with Crippen molar-refractivity contribution in [2.75, 3.05) is 33.7 Å². The Kier molecular flexibility index (Phi) is 5.54. The van der Waals surface area contributed by atoms with E-state index >= 15 is 0 Å². The smallest absolute Gasteiger partial charge is 0.320 e. The standard InChI is InChI=1S/C25H31N3O2/c1-17-9-5-7-11-19(17)13-23(29)27-14-20-15-28(25(30)26(3)4)24(22(20)16-27)21-12-8-6-10-18(21)2/h5-12,20,22,24H,13-16H2,1-4H3/t20-,22-,24+/m1/s1. The molecule has 2 heterocycles. The van der Waals surface area contributed by atoms with Gasteiger partial charge in [-0.3, -0.25) is 4.79 Å². The van der Waals surface area contributed by atoms with Gasteiger partial charge in [0.15, 0.2) is 0 Å². The first kappa shape index (κ1) is 20.5. The van der Waals surface area contributed by atoms with Gasteiger partial charge in [0, 0.05) is 45.6 Å². The minimum atomic E-state index is 0.0161. The van der Waals surface area contributed by atoms with Crippen molar-refractivity contribution in [3.05, 3.63) is 70.8 Å². The zero-order valence-corrected chi connectivity index (χ0v) is 18.3. The highest BCUT2D eigenvalue weighted by molar-refractivity contribution is 5.80. The fourth-order valence-corrected chi connectivity index (χ4v) is 5.10. The minimum absolute atomic E-state index is 0.0161. The molecule has 30 heavy (non-hydrogen) atoms. The quantitative estimate of drug-likeness (QED) is 0.782. The van der Waals surface area contributed by atoms with Gasteiger partial charge in [0.1, 0.15) is 0 Å². The maximum atomic E-state index is 13.1. The Morgan fingerprint density at radius 1 is 0.933 bits per heavy atom. The normalized spacial score (nSPS) is 22.9. The summed E-state index contributed by atoms with van der Waals surface area (Å²) in [7, 11) is 3.62. The summed E-state index contributed by atoms with van der Waals surface area (Å²) in [6, 6.07) is 16.5. The molecule has 3 amide bonds. The first-order valence-corrected chi connectivity index (χ1v) is 10.7. The highest BCUT2D eigenvalue weighted by Gasteiger charge is 2.50. The molecule has 2 aromatic carbocycles. The van der Waals surface area contributed by atoms with Crippen LogP contribution in [0.15, 0.2) is 48.5 Å². The molecular formula is C25H31N3O2. The van der Waals surface area contributed by atoms with Crippen LogP contribution in [0.5, 0.6) is 0 Å². The monoisotopic (exact) mass is 405 g/mol. The Balaban J connectivity index is 1.57. The van der Waals surface area contributed by atoms with Crippen molar-refractivity contribution in [1.82, 2.24) is 14.7 Å². The number of amides is 3. The molecule has 2 aliphatic rings. The molecule has 2 saturated heterocycles. The number of carbonyl (C=O) groups is 2. The number of fused-ring (bicyclic) bond motifs is 1. The molecule has 0 spiro atoms. The Labute approximate surface area is 179 Å². The second-order valence-corrected chi connectivity index (χ2v) is 8.96. The van der Waals surface area contributed by atoms with E-state index in [1.54, 1.807) is 4.90 Å². The van der Waals surface area contributed by atoms with Gasteiger partial charge < -0.3 is 14.7 Å². The molecule has 158 valence electrons. The Bertz CT molecular complexity index is 955. The topological polar surface area (TPSA) is 43.9 Å². The number of aryl methyl sites for hydroxylation is 2. The molecule has 0 saturated carbocycles. The van der Waals surface area contributed by atoms with Crippen molar-refractivity contribution in [2.24, 2.45) is 11.8 Å². The first-order chi connectivity index (χ1) is 14.4. The van der Waals surface area contributed by atoms with Crippen LogP contribution in [0.4, 0.5) is 4.79 Å². The largest absolute Gasteiger partial charge is 0.342 e. The van der Waals surface area contributed by atoms with Gasteiger partial charge >= 0.3 is 6.03 Å². The van der Waals surface area contributed by atoms with E-state index in [1.807, 2.05) is 54.2 Å². The van der Waals surface area contributed by atoms with Gasteiger partial charge in [-0.15, -0.1) is 0 Å². The highest BCUT2D eigenvalue weighted by atomic mass is 16.2. The maximum Gasteiger partial charge on any atom is 0.320 e. The van der Waals surface area contributed by atoms with E-state index in [1.165, 1.54) is 11.1 Å². The molecule has 2 fully saturated rings. The Morgan fingerprint density at radius 3 is 2.27 bits per heavy atom. The van der Waals surface area contributed by atoms with Crippen molar-refractivity contribution in [3.8, 4) is 0 Å². The van der Waals surface area contributed by atoms with Crippen LogP contribution in [-0.4, -0.2) is 60.4 Å². The summed E-state index contributed by atoms with van der Waals surface area (Å²) in [5.41, 5.74) is 4.66. The number of likely N-dealkylation sites (tertiary alicyclic amines) is 2. The van der Waals surface area contributed by atoms with Crippen molar-refractivity contribution < 1.29 is 9.59 Å². The van der Waals surface area contributed by atoms with Crippen LogP contribution in [0.2, 0.25) is 0 Å². The summed E-state index contributed by atoms with van der Waals surface area (Å²) in [6.07, 6.45) is 0.446. The molecule has 4 rings (SSSR count). The summed E-state index contributed by atoms with van der Waals surface area (Å²) in [5, 5.41) is 0. The van der Waals surface area contributed by atoms with Crippen LogP contribution < -0.4 is 0 Å². The van der Waals surface area contributed by atoms with E-state index in [4.69, 9.17) is 0 Å². The summed E-state index contributed by atoms with van der Waals surface area (Å²) < 4.78 is 0. The van der Waals surface area contributed by atoms with Crippen LogP contribution >= 0.6 is 0 Å². The molecule has 0 unspecified atom stereocenters. The number of hydrogen-bond acceptors (Lipinski definition) is 2. The van der Waals surface area contributed by atoms with Crippen LogP contribution in [0, 0.1) is 25.7 Å². The predicted octanol–water partition coefficient (Wildman–Crippen LogP) is 3.66. The van der Waals surface area contributed by atoms with Crippen LogP contribution in [0.25, 0.3) is 0 Å². The molecule has 0 N–H and O–H groups in total. The lowest BCUT2D eigenvalue weighted by Crippen LogP contribution is -2.42. The molecular weight excluding hydrogens is 374 g/mol. The van der Waals surface area contributed by atoms with Crippen LogP contribution in [0.1, 0.15) is 28.3 Å². The lowest BCUT2D eigenvalue weighted by atomic mass is 9.88. The number of nitrogens with zero attached hydrogens (tertiary/aromatic N) is 3. The number of urea groups is 1. The lowest BCUT2D eigenvalue weighted by Gasteiger charge is -2.32. The van der Waals surface area contributed by atoms with Crippen LogP contribution in [-0.2, 0) is 11.2 Å². The second-order valence-electron chi connectivity index (χ2n) is 8.96. The third kappa shape index (κ3) is 3.69. The Hall–Kier alpha value is -2.82. The Morgan fingerprint density at radius 2 is 1.60 bits per heavy atom. The van der Waals surface area contributed by atoms with Crippen LogP contribution in [0.3, 0.4) is 0 Å². The fraction of sp³-hybridized carbons (Fsp3) is 0.440. The summed E-state index contributed by atoms with van der Waals surface area (Å²) in [4.78, 5) is 31.7. The van der Waals surface area contributed by atoms with E-state index in [-0.39, 0.29) is 23.9 Å². The summed E-state index contributed by atoms with van der Waals surface area (Å²) >= 11 is 0. The number of benzene rings is 2. The molecule has 5 nitrogen and oxygen atoms in total. The SMILES string of the molecule is Cc1ccccc1CC(=O)N1C[C@@H]2CN(C(=O)N(C)C)[C@@H](c3ccccc3C)[C@@H]2C1. The molecule has 0 aromatic heterocycles. The number of rotatable bonds is 3. The van der Waals surface area contributed by atoms with Crippen molar-refractivity contribution >= 4 is 11.9 Å². The molecule has 0 bridgehead atoms. The maximum absolute atomic E-state index is 13.1. The van der Waals surface area contributed by atoms with Gasteiger partial charge in [-0.2, -0.15) is 0 Å². The minimum Gasteiger partial charge on any atom is -0.342 e. The van der Waals surface area contributed by atoms with Crippen molar-refractivity contribution in [2.45, 2.75) is 26.3 Å². The molecule has 2 aromatic rings. The molecule has 0 radical (unpaired) electrons. The molecule has 0 aliphatic carbocycles. The van der Waals surface area contributed by atoms with E-state index in [0.29, 0.717) is 25.4 Å². The van der Waals surface area contributed by atoms with Gasteiger partial charge in [0.2, 0.25) is 5.91 Å².